The van der Waals surface area contributed by atoms with Crippen molar-refractivity contribution < 1.29 is 9.50 Å². The zero-order valence-corrected chi connectivity index (χ0v) is 9.29. The highest BCUT2D eigenvalue weighted by atomic mass is 19.1. The maximum Gasteiger partial charge on any atom is 0.165 e. The van der Waals surface area contributed by atoms with Crippen molar-refractivity contribution in [3.8, 4) is 16.9 Å². The molecule has 82 valence electrons. The Morgan fingerprint density at radius 2 is 1.81 bits per heavy atom. The summed E-state index contributed by atoms with van der Waals surface area (Å²) in [6.07, 6.45) is 0. The summed E-state index contributed by atoms with van der Waals surface area (Å²) in [6, 6.07) is 10.4. The highest BCUT2D eigenvalue weighted by Gasteiger charge is 2.06. The molecule has 0 amide bonds. The predicted octanol–water partition coefficient (Wildman–Crippen LogP) is 3.82. The van der Waals surface area contributed by atoms with Gasteiger partial charge in [0.15, 0.2) is 11.6 Å². The molecule has 0 saturated carbocycles. The standard InChI is InChI=1S/C14H13FO/c1-9-4-3-5-12(10(9)2)11-6-7-14(16)13(15)8-11/h3-8,16H,1-2H3. The zero-order chi connectivity index (χ0) is 11.7. The van der Waals surface area contributed by atoms with E-state index in [-0.39, 0.29) is 5.75 Å². The molecule has 16 heavy (non-hydrogen) atoms. The van der Waals surface area contributed by atoms with Gasteiger partial charge in [0.25, 0.3) is 0 Å². The third-order valence-electron chi connectivity index (χ3n) is 2.86. The summed E-state index contributed by atoms with van der Waals surface area (Å²) in [6.45, 7) is 4.03. The van der Waals surface area contributed by atoms with E-state index in [1.807, 2.05) is 32.0 Å². The highest BCUT2D eigenvalue weighted by Crippen LogP contribution is 2.28. The average molecular weight is 216 g/mol. The van der Waals surface area contributed by atoms with Gasteiger partial charge in [-0.05, 0) is 48.2 Å². The normalized spacial score (nSPS) is 10.4. The number of halogens is 1. The molecule has 0 aliphatic rings. The largest absolute Gasteiger partial charge is 0.505 e. The summed E-state index contributed by atoms with van der Waals surface area (Å²) < 4.78 is 13.2. The minimum absolute atomic E-state index is 0.311. The first-order valence-corrected chi connectivity index (χ1v) is 5.14. The van der Waals surface area contributed by atoms with E-state index >= 15 is 0 Å². The monoisotopic (exact) mass is 216 g/mol. The van der Waals surface area contributed by atoms with Crippen LogP contribution >= 0.6 is 0 Å². The second-order valence-electron chi connectivity index (χ2n) is 3.91. The van der Waals surface area contributed by atoms with Gasteiger partial charge in [0, 0.05) is 0 Å². The van der Waals surface area contributed by atoms with Crippen LogP contribution in [0.15, 0.2) is 36.4 Å². The predicted molar refractivity (Wildman–Crippen MR) is 63.0 cm³/mol. The summed E-state index contributed by atoms with van der Waals surface area (Å²) in [5.41, 5.74) is 4.09. The van der Waals surface area contributed by atoms with Crippen molar-refractivity contribution in [3.05, 3.63) is 53.3 Å². The molecule has 0 fully saturated rings. The van der Waals surface area contributed by atoms with Gasteiger partial charge in [-0.15, -0.1) is 0 Å². The average Bonchev–Trinajstić information content (AvgIpc) is 2.26. The first-order chi connectivity index (χ1) is 7.59. The first kappa shape index (κ1) is 10.7. The molecule has 0 aliphatic heterocycles. The number of hydrogen-bond donors (Lipinski definition) is 1. The van der Waals surface area contributed by atoms with Crippen molar-refractivity contribution in [1.29, 1.82) is 0 Å². The molecule has 0 unspecified atom stereocenters. The number of aromatic hydroxyl groups is 1. The SMILES string of the molecule is Cc1cccc(-c2ccc(O)c(F)c2)c1C. The van der Waals surface area contributed by atoms with E-state index in [9.17, 15) is 4.39 Å². The van der Waals surface area contributed by atoms with Crippen LogP contribution in [-0.2, 0) is 0 Å². The molecule has 0 aromatic heterocycles. The van der Waals surface area contributed by atoms with Crippen LogP contribution in [-0.4, -0.2) is 5.11 Å². The van der Waals surface area contributed by atoms with Gasteiger partial charge in [-0.25, -0.2) is 4.39 Å². The number of aryl methyl sites for hydroxylation is 1. The highest BCUT2D eigenvalue weighted by molar-refractivity contribution is 5.69. The summed E-state index contributed by atoms with van der Waals surface area (Å²) in [5.74, 6) is -0.896. The van der Waals surface area contributed by atoms with Crippen molar-refractivity contribution in [2.24, 2.45) is 0 Å². The third kappa shape index (κ3) is 1.78. The van der Waals surface area contributed by atoms with Gasteiger partial charge in [-0.2, -0.15) is 0 Å². The molecule has 2 heteroatoms. The Morgan fingerprint density at radius 3 is 2.50 bits per heavy atom. The molecule has 0 bridgehead atoms. The number of rotatable bonds is 1. The molecular formula is C14H13FO. The zero-order valence-electron chi connectivity index (χ0n) is 9.29. The van der Waals surface area contributed by atoms with Crippen molar-refractivity contribution in [2.45, 2.75) is 13.8 Å². The third-order valence-corrected chi connectivity index (χ3v) is 2.86. The van der Waals surface area contributed by atoms with Crippen LogP contribution in [0.3, 0.4) is 0 Å². The van der Waals surface area contributed by atoms with Crippen LogP contribution in [0.1, 0.15) is 11.1 Å². The Balaban J connectivity index is 2.59. The molecular weight excluding hydrogens is 203 g/mol. The number of hydrogen-bond acceptors (Lipinski definition) is 1. The van der Waals surface area contributed by atoms with Gasteiger partial charge in [0.1, 0.15) is 0 Å². The molecule has 2 aromatic rings. The lowest BCUT2D eigenvalue weighted by molar-refractivity contribution is 0.432. The van der Waals surface area contributed by atoms with E-state index in [0.717, 1.165) is 16.7 Å². The van der Waals surface area contributed by atoms with Crippen LogP contribution in [0.5, 0.6) is 5.75 Å². The maximum absolute atomic E-state index is 13.2. The van der Waals surface area contributed by atoms with Crippen molar-refractivity contribution in [2.75, 3.05) is 0 Å². The molecule has 2 rings (SSSR count). The Morgan fingerprint density at radius 1 is 1.06 bits per heavy atom. The lowest BCUT2D eigenvalue weighted by atomic mass is 9.97. The van der Waals surface area contributed by atoms with Gasteiger partial charge in [0.2, 0.25) is 0 Å². The van der Waals surface area contributed by atoms with Crippen LogP contribution in [0.25, 0.3) is 11.1 Å². The molecule has 1 N–H and O–H groups in total. The van der Waals surface area contributed by atoms with Crippen LogP contribution < -0.4 is 0 Å². The second kappa shape index (κ2) is 3.97. The molecule has 0 aliphatic carbocycles. The quantitative estimate of drug-likeness (QED) is 0.768. The fourth-order valence-corrected chi connectivity index (χ4v) is 1.74. The van der Waals surface area contributed by atoms with E-state index in [1.165, 1.54) is 17.7 Å². The Labute approximate surface area is 94.2 Å². The van der Waals surface area contributed by atoms with Crippen LogP contribution in [0.2, 0.25) is 0 Å². The summed E-state index contributed by atoms with van der Waals surface area (Å²) in [5, 5.41) is 9.14. The molecule has 0 spiro atoms. The van der Waals surface area contributed by atoms with Crippen LogP contribution in [0.4, 0.5) is 4.39 Å². The minimum Gasteiger partial charge on any atom is -0.505 e. The summed E-state index contributed by atoms with van der Waals surface area (Å²) in [7, 11) is 0. The van der Waals surface area contributed by atoms with Gasteiger partial charge >= 0.3 is 0 Å². The van der Waals surface area contributed by atoms with Crippen molar-refractivity contribution in [3.63, 3.8) is 0 Å². The summed E-state index contributed by atoms with van der Waals surface area (Å²) in [4.78, 5) is 0. The molecule has 0 heterocycles. The number of benzene rings is 2. The molecule has 0 atom stereocenters. The second-order valence-corrected chi connectivity index (χ2v) is 3.91. The number of phenols is 1. The minimum atomic E-state index is -0.585. The van der Waals surface area contributed by atoms with E-state index < -0.39 is 5.82 Å². The Hall–Kier alpha value is -1.83. The molecule has 0 saturated heterocycles. The molecule has 0 radical (unpaired) electrons. The Kier molecular flexibility index (Phi) is 2.65. The fraction of sp³-hybridized carbons (Fsp3) is 0.143. The molecule has 1 nitrogen and oxygen atoms in total. The van der Waals surface area contributed by atoms with Gasteiger partial charge < -0.3 is 5.11 Å². The van der Waals surface area contributed by atoms with E-state index in [4.69, 9.17) is 5.11 Å². The van der Waals surface area contributed by atoms with Crippen molar-refractivity contribution in [1.82, 2.24) is 0 Å². The van der Waals surface area contributed by atoms with E-state index in [1.54, 1.807) is 6.07 Å². The smallest absolute Gasteiger partial charge is 0.165 e. The molecule has 2 aromatic carbocycles. The van der Waals surface area contributed by atoms with Gasteiger partial charge in [-0.3, -0.25) is 0 Å². The fourth-order valence-electron chi connectivity index (χ4n) is 1.74. The van der Waals surface area contributed by atoms with Crippen LogP contribution in [0, 0.1) is 19.7 Å². The Bertz CT molecular complexity index is 532. The van der Waals surface area contributed by atoms with Gasteiger partial charge in [-0.1, -0.05) is 24.3 Å². The van der Waals surface area contributed by atoms with E-state index in [2.05, 4.69) is 0 Å². The maximum atomic E-state index is 13.2. The first-order valence-electron chi connectivity index (χ1n) is 5.14. The lowest BCUT2D eigenvalue weighted by Gasteiger charge is -2.09. The summed E-state index contributed by atoms with van der Waals surface area (Å²) >= 11 is 0. The lowest BCUT2D eigenvalue weighted by Crippen LogP contribution is -1.87. The topological polar surface area (TPSA) is 20.2 Å². The van der Waals surface area contributed by atoms with Gasteiger partial charge in [0.05, 0.1) is 0 Å². The van der Waals surface area contributed by atoms with E-state index in [0.29, 0.717) is 0 Å². The van der Waals surface area contributed by atoms with Crippen molar-refractivity contribution >= 4 is 0 Å². The number of phenolic OH excluding ortho intramolecular Hbond substituents is 1.